The van der Waals surface area contributed by atoms with Crippen molar-refractivity contribution in [1.82, 2.24) is 15.3 Å². The second-order valence-electron chi connectivity index (χ2n) is 7.66. The van der Waals surface area contributed by atoms with Crippen LogP contribution in [0.1, 0.15) is 45.4 Å². The van der Waals surface area contributed by atoms with Crippen LogP contribution in [0.3, 0.4) is 0 Å². The van der Waals surface area contributed by atoms with Gasteiger partial charge < -0.3 is 15.2 Å². The summed E-state index contributed by atoms with van der Waals surface area (Å²) in [4.78, 5) is 21.7. The molecule has 0 aliphatic carbocycles. The fraction of sp³-hybridized carbons (Fsp3) is 0.556. The molecule has 1 fully saturated rings. The van der Waals surface area contributed by atoms with Crippen LogP contribution < -0.4 is 10.2 Å². The Bertz CT molecular complexity index is 653. The van der Waals surface area contributed by atoms with Crippen LogP contribution in [-0.4, -0.2) is 41.0 Å². The first-order chi connectivity index (χ1) is 10.9. The number of quaternary nitrogens is 1. The third kappa shape index (κ3) is 4.10. The van der Waals surface area contributed by atoms with Crippen molar-refractivity contribution in [2.24, 2.45) is 0 Å². The normalized spacial score (nSPS) is 22.2. The van der Waals surface area contributed by atoms with E-state index in [4.69, 9.17) is 4.98 Å². The van der Waals surface area contributed by atoms with Crippen LogP contribution in [0.2, 0.25) is 0 Å². The van der Waals surface area contributed by atoms with Gasteiger partial charge in [0.2, 0.25) is 0 Å². The molecule has 2 heterocycles. The van der Waals surface area contributed by atoms with Crippen molar-refractivity contribution in [2.45, 2.75) is 45.1 Å². The van der Waals surface area contributed by atoms with Crippen molar-refractivity contribution >= 4 is 16.9 Å². The molecule has 1 saturated heterocycles. The number of H-pyrrole nitrogens is 1. The maximum absolute atomic E-state index is 12.2. The van der Waals surface area contributed by atoms with Crippen LogP contribution in [0.25, 0.3) is 11.0 Å². The van der Waals surface area contributed by atoms with Gasteiger partial charge in [-0.05, 0) is 45.7 Å². The predicted molar refractivity (Wildman–Crippen MR) is 91.5 cm³/mol. The zero-order chi connectivity index (χ0) is 16.4. The smallest absolute Gasteiger partial charge is 0.275 e. The number of hydrogen-bond donors (Lipinski definition) is 3. The monoisotopic (exact) mass is 315 g/mol. The van der Waals surface area contributed by atoms with Crippen molar-refractivity contribution in [3.63, 3.8) is 0 Å². The topological polar surface area (TPSA) is 62.2 Å². The van der Waals surface area contributed by atoms with Gasteiger partial charge in [-0.1, -0.05) is 12.1 Å². The van der Waals surface area contributed by atoms with Gasteiger partial charge in [-0.25, -0.2) is 4.98 Å². The van der Waals surface area contributed by atoms with Crippen molar-refractivity contribution < 1.29 is 9.69 Å². The van der Waals surface area contributed by atoms with Gasteiger partial charge in [0.25, 0.3) is 5.91 Å². The summed E-state index contributed by atoms with van der Waals surface area (Å²) in [5, 5.41) is 3.06. The highest BCUT2D eigenvalue weighted by Gasteiger charge is 2.28. The summed E-state index contributed by atoms with van der Waals surface area (Å²) in [6.07, 6.45) is 2.28. The Kier molecular flexibility index (Phi) is 4.39. The van der Waals surface area contributed by atoms with Crippen molar-refractivity contribution in [1.29, 1.82) is 0 Å². The first kappa shape index (κ1) is 16.0. The second-order valence-corrected chi connectivity index (χ2v) is 7.66. The molecule has 5 nitrogen and oxygen atoms in total. The Hall–Kier alpha value is -1.88. The lowest BCUT2D eigenvalue weighted by molar-refractivity contribution is -0.898. The quantitative estimate of drug-likeness (QED) is 0.798. The molecule has 23 heavy (non-hydrogen) atoms. The highest BCUT2D eigenvalue weighted by molar-refractivity contribution is 5.77. The first-order valence-corrected chi connectivity index (χ1v) is 8.50. The van der Waals surface area contributed by atoms with E-state index in [9.17, 15) is 4.79 Å². The molecule has 1 unspecified atom stereocenters. The molecule has 1 aromatic heterocycles. The summed E-state index contributed by atoms with van der Waals surface area (Å²) in [6.45, 7) is 8.65. The summed E-state index contributed by atoms with van der Waals surface area (Å²) in [5.41, 5.74) is 1.96. The Balaban J connectivity index is 1.65. The molecular weight excluding hydrogens is 288 g/mol. The Labute approximate surface area is 137 Å². The number of likely N-dealkylation sites (tertiary alicyclic amines) is 1. The average molecular weight is 315 g/mol. The Morgan fingerprint density at radius 3 is 2.91 bits per heavy atom. The molecular formula is C18H27N4O+. The van der Waals surface area contributed by atoms with Crippen LogP contribution in [0.15, 0.2) is 24.3 Å². The number of carbonyl (C=O) groups excluding carboxylic acids is 1. The lowest BCUT2D eigenvalue weighted by Crippen LogP contribution is -3.14. The first-order valence-electron chi connectivity index (χ1n) is 8.50. The highest BCUT2D eigenvalue weighted by atomic mass is 16.2. The summed E-state index contributed by atoms with van der Waals surface area (Å²) >= 11 is 0. The highest BCUT2D eigenvalue weighted by Crippen LogP contribution is 2.21. The number of nitrogens with one attached hydrogen (secondary N) is 3. The number of piperidine rings is 1. The molecule has 0 saturated carbocycles. The minimum atomic E-state index is -0.162. The summed E-state index contributed by atoms with van der Waals surface area (Å²) in [5.74, 6) is 1.62. The molecule has 0 radical (unpaired) electrons. The zero-order valence-corrected chi connectivity index (χ0v) is 14.3. The van der Waals surface area contributed by atoms with Crippen molar-refractivity contribution in [2.75, 3.05) is 19.6 Å². The minimum absolute atomic E-state index is 0.137. The number of amides is 1. The van der Waals surface area contributed by atoms with Gasteiger partial charge in [0.05, 0.1) is 30.0 Å². The van der Waals surface area contributed by atoms with Crippen LogP contribution in [0.4, 0.5) is 0 Å². The largest absolute Gasteiger partial charge is 0.347 e. The molecule has 3 rings (SSSR count). The molecule has 1 aliphatic rings. The van der Waals surface area contributed by atoms with Crippen molar-refractivity contribution in [3.8, 4) is 0 Å². The maximum Gasteiger partial charge on any atom is 0.275 e. The van der Waals surface area contributed by atoms with E-state index in [0.717, 1.165) is 42.8 Å². The molecule has 2 atom stereocenters. The molecule has 3 N–H and O–H groups in total. The molecule has 1 amide bonds. The molecule has 0 spiro atoms. The van der Waals surface area contributed by atoms with E-state index in [0.29, 0.717) is 12.5 Å². The van der Waals surface area contributed by atoms with E-state index in [2.05, 4.69) is 16.4 Å². The van der Waals surface area contributed by atoms with E-state index in [1.54, 1.807) is 0 Å². The van der Waals surface area contributed by atoms with Gasteiger partial charge in [0.15, 0.2) is 6.54 Å². The number of imidazole rings is 1. The third-order valence-electron chi connectivity index (χ3n) is 4.34. The molecule has 1 aliphatic heterocycles. The Morgan fingerprint density at radius 1 is 1.39 bits per heavy atom. The summed E-state index contributed by atoms with van der Waals surface area (Å²) < 4.78 is 0. The van der Waals surface area contributed by atoms with E-state index in [1.165, 1.54) is 4.90 Å². The van der Waals surface area contributed by atoms with Crippen molar-refractivity contribution in [3.05, 3.63) is 30.1 Å². The molecule has 0 bridgehead atoms. The third-order valence-corrected chi connectivity index (χ3v) is 4.34. The molecule has 5 heteroatoms. The van der Waals surface area contributed by atoms with E-state index in [-0.39, 0.29) is 11.4 Å². The molecule has 1 aromatic carbocycles. The van der Waals surface area contributed by atoms with Gasteiger partial charge >= 0.3 is 0 Å². The second kappa shape index (κ2) is 6.32. The number of nitrogens with zero attached hydrogens (tertiary/aromatic N) is 1. The number of aromatic amines is 1. The number of rotatable bonds is 3. The number of benzene rings is 1. The van der Waals surface area contributed by atoms with Gasteiger partial charge in [0, 0.05) is 5.54 Å². The fourth-order valence-corrected chi connectivity index (χ4v) is 3.40. The van der Waals surface area contributed by atoms with E-state index >= 15 is 0 Å². The minimum Gasteiger partial charge on any atom is -0.347 e. The average Bonchev–Trinajstić information content (AvgIpc) is 2.89. The van der Waals surface area contributed by atoms with E-state index < -0.39 is 0 Å². The van der Waals surface area contributed by atoms with E-state index in [1.807, 2.05) is 39.0 Å². The SMILES string of the molecule is CC(C)(C)NC(=O)C[NH+]1CCC[C@@H](c2nc3ccccc3[nH]2)C1. The lowest BCUT2D eigenvalue weighted by atomic mass is 9.97. The van der Waals surface area contributed by atoms with Crippen LogP contribution in [0, 0.1) is 0 Å². The van der Waals surface area contributed by atoms with Crippen LogP contribution >= 0.6 is 0 Å². The Morgan fingerprint density at radius 2 is 2.17 bits per heavy atom. The van der Waals surface area contributed by atoms with Crippen LogP contribution in [-0.2, 0) is 4.79 Å². The fourth-order valence-electron chi connectivity index (χ4n) is 3.40. The lowest BCUT2D eigenvalue weighted by Gasteiger charge is -2.29. The van der Waals surface area contributed by atoms with Gasteiger partial charge in [-0.2, -0.15) is 0 Å². The molecule has 2 aromatic rings. The molecule has 124 valence electrons. The predicted octanol–water partition coefficient (Wildman–Crippen LogP) is 1.24. The number of para-hydroxylation sites is 2. The number of hydrogen-bond acceptors (Lipinski definition) is 2. The van der Waals surface area contributed by atoms with Gasteiger partial charge in [-0.15, -0.1) is 0 Å². The summed E-state index contributed by atoms with van der Waals surface area (Å²) in [6, 6.07) is 8.15. The zero-order valence-electron chi connectivity index (χ0n) is 14.3. The van der Waals surface area contributed by atoms with Gasteiger partial charge in [0.1, 0.15) is 5.82 Å². The standard InChI is InChI=1S/C18H26N4O/c1-18(2,3)21-16(23)12-22-10-6-7-13(11-22)17-19-14-8-4-5-9-15(14)20-17/h4-5,8-9,13H,6-7,10-12H2,1-3H3,(H,19,20)(H,21,23)/p+1/t13-/m1/s1. The van der Waals surface area contributed by atoms with Crippen LogP contribution in [0.5, 0.6) is 0 Å². The number of fused-ring (bicyclic) bond motifs is 1. The number of carbonyl (C=O) groups is 1. The number of aromatic nitrogens is 2. The van der Waals surface area contributed by atoms with Gasteiger partial charge in [-0.3, -0.25) is 4.79 Å². The maximum atomic E-state index is 12.2. The summed E-state index contributed by atoms with van der Waals surface area (Å²) in [7, 11) is 0.